The quantitative estimate of drug-likeness (QED) is 0.363. The number of hydrogen-bond acceptors (Lipinski definition) is 7. The van der Waals surface area contributed by atoms with Gasteiger partial charge in [-0.25, -0.2) is 4.98 Å². The first-order chi connectivity index (χ1) is 9.54. The van der Waals surface area contributed by atoms with Crippen molar-refractivity contribution in [1.82, 2.24) is 15.2 Å². The summed E-state index contributed by atoms with van der Waals surface area (Å²) in [5, 5.41) is 26.1. The Kier molecular flexibility index (Phi) is 5.68. The summed E-state index contributed by atoms with van der Waals surface area (Å²) in [6, 6.07) is 3.16. The highest BCUT2D eigenvalue weighted by Gasteiger charge is 2.12. The van der Waals surface area contributed by atoms with Crippen LogP contribution in [-0.4, -0.2) is 38.1 Å². The van der Waals surface area contributed by atoms with E-state index in [4.69, 9.17) is 37.7 Å². The predicted octanol–water partition coefficient (Wildman–Crippen LogP) is 2.39. The highest BCUT2D eigenvalue weighted by Crippen LogP contribution is 2.26. The van der Waals surface area contributed by atoms with Crippen LogP contribution in [0.1, 0.15) is 6.42 Å². The van der Waals surface area contributed by atoms with E-state index in [1.54, 1.807) is 12.1 Å². The highest BCUT2D eigenvalue weighted by atomic mass is 35.5. The largest absolute Gasteiger partial charge is 0.451 e. The first-order valence-corrected chi connectivity index (χ1v) is 7.44. The van der Waals surface area contributed by atoms with Crippen LogP contribution in [0.15, 0.2) is 21.8 Å². The van der Waals surface area contributed by atoms with Gasteiger partial charge in [0, 0.05) is 11.3 Å². The molecule has 0 unspecified atom stereocenters. The van der Waals surface area contributed by atoms with Gasteiger partial charge in [-0.05, 0) is 24.9 Å². The van der Waals surface area contributed by atoms with Gasteiger partial charge in [0.05, 0.1) is 0 Å². The number of thioether (sulfide) groups is 1. The standard InChI is InChI=1S/C10H10BCl2N3O3S/c12-7-4-6(5-8(13)14-7)9-15-16-10(19-9)20-3-1-2-11(17)18/h4-5,17-18H,1-3H2. The number of rotatable bonds is 6. The summed E-state index contributed by atoms with van der Waals surface area (Å²) >= 11 is 12.9. The molecule has 2 heterocycles. The maximum atomic E-state index is 8.72. The zero-order valence-electron chi connectivity index (χ0n) is 10.2. The van der Waals surface area contributed by atoms with Gasteiger partial charge in [-0.1, -0.05) is 35.0 Å². The van der Waals surface area contributed by atoms with Gasteiger partial charge in [0.15, 0.2) is 0 Å². The minimum atomic E-state index is -1.28. The molecular weight excluding hydrogens is 324 g/mol. The Hall–Kier alpha value is -0.795. The van der Waals surface area contributed by atoms with E-state index in [0.29, 0.717) is 35.2 Å². The smallest absolute Gasteiger partial charge is 0.427 e. The number of halogens is 2. The molecule has 106 valence electrons. The molecule has 0 atom stereocenters. The minimum Gasteiger partial charge on any atom is -0.427 e. The van der Waals surface area contributed by atoms with Crippen LogP contribution in [0.5, 0.6) is 0 Å². The van der Waals surface area contributed by atoms with Crippen molar-refractivity contribution in [3.05, 3.63) is 22.4 Å². The fourth-order valence-corrected chi connectivity index (χ4v) is 2.58. The van der Waals surface area contributed by atoms with Crippen molar-refractivity contribution in [3.8, 4) is 11.5 Å². The SMILES string of the molecule is OB(O)CCCSc1nnc(-c2cc(Cl)nc(Cl)c2)o1. The second-order valence-electron chi connectivity index (χ2n) is 3.85. The van der Waals surface area contributed by atoms with Crippen LogP contribution >= 0.6 is 35.0 Å². The summed E-state index contributed by atoms with van der Waals surface area (Å²) < 4.78 is 5.46. The van der Waals surface area contributed by atoms with Crippen LogP contribution in [-0.2, 0) is 0 Å². The van der Waals surface area contributed by atoms with Gasteiger partial charge < -0.3 is 14.5 Å². The molecule has 0 amide bonds. The monoisotopic (exact) mass is 333 g/mol. The zero-order chi connectivity index (χ0) is 14.5. The average molecular weight is 334 g/mol. The Morgan fingerprint density at radius 2 is 1.90 bits per heavy atom. The molecule has 2 aromatic rings. The summed E-state index contributed by atoms with van der Waals surface area (Å²) in [5.41, 5.74) is 0.597. The molecule has 2 rings (SSSR count). The molecule has 0 radical (unpaired) electrons. The van der Waals surface area contributed by atoms with Crippen molar-refractivity contribution < 1.29 is 14.5 Å². The Labute approximate surface area is 129 Å². The predicted molar refractivity (Wildman–Crippen MR) is 77.9 cm³/mol. The van der Waals surface area contributed by atoms with Gasteiger partial charge in [-0.2, -0.15) is 0 Å². The summed E-state index contributed by atoms with van der Waals surface area (Å²) in [5.74, 6) is 0.956. The van der Waals surface area contributed by atoms with E-state index in [0.717, 1.165) is 0 Å². The van der Waals surface area contributed by atoms with Crippen LogP contribution in [0.25, 0.3) is 11.5 Å². The van der Waals surface area contributed by atoms with E-state index in [1.807, 2.05) is 0 Å². The molecule has 10 heteroatoms. The molecule has 0 spiro atoms. The number of nitrogens with zero attached hydrogens (tertiary/aromatic N) is 3. The van der Waals surface area contributed by atoms with E-state index < -0.39 is 7.12 Å². The van der Waals surface area contributed by atoms with E-state index >= 15 is 0 Å². The maximum absolute atomic E-state index is 8.72. The van der Waals surface area contributed by atoms with E-state index in [1.165, 1.54) is 11.8 Å². The molecule has 2 N–H and O–H groups in total. The molecule has 0 bridgehead atoms. The molecule has 0 aliphatic carbocycles. The molecule has 0 aliphatic heterocycles. The summed E-state index contributed by atoms with van der Waals surface area (Å²) in [6.45, 7) is 0. The number of pyridine rings is 1. The van der Waals surface area contributed by atoms with Gasteiger partial charge >= 0.3 is 7.12 Å². The number of aromatic nitrogens is 3. The van der Waals surface area contributed by atoms with Gasteiger partial charge in [0.2, 0.25) is 5.89 Å². The van der Waals surface area contributed by atoms with Crippen molar-refractivity contribution in [1.29, 1.82) is 0 Å². The summed E-state index contributed by atoms with van der Waals surface area (Å²) in [7, 11) is -1.28. The van der Waals surface area contributed by atoms with Gasteiger partial charge in [-0.3, -0.25) is 0 Å². The zero-order valence-corrected chi connectivity index (χ0v) is 12.5. The molecule has 0 saturated heterocycles. The van der Waals surface area contributed by atoms with Crippen LogP contribution < -0.4 is 0 Å². The normalized spacial score (nSPS) is 10.8. The highest BCUT2D eigenvalue weighted by molar-refractivity contribution is 7.99. The lowest BCUT2D eigenvalue weighted by Gasteiger charge is -1.98. The van der Waals surface area contributed by atoms with Gasteiger partial charge in [-0.15, -0.1) is 10.2 Å². The van der Waals surface area contributed by atoms with E-state index in [-0.39, 0.29) is 10.3 Å². The summed E-state index contributed by atoms with van der Waals surface area (Å²) in [6.07, 6.45) is 0.941. The van der Waals surface area contributed by atoms with Crippen LogP contribution in [0.4, 0.5) is 0 Å². The van der Waals surface area contributed by atoms with Crippen LogP contribution in [0.2, 0.25) is 16.6 Å². The number of hydrogen-bond donors (Lipinski definition) is 2. The lowest BCUT2D eigenvalue weighted by molar-refractivity contribution is 0.404. The topological polar surface area (TPSA) is 92.3 Å². The molecule has 0 aromatic carbocycles. The molecule has 0 aliphatic rings. The Balaban J connectivity index is 1.98. The van der Waals surface area contributed by atoms with Gasteiger partial charge in [0.1, 0.15) is 10.3 Å². The second kappa shape index (κ2) is 7.28. The summed E-state index contributed by atoms with van der Waals surface area (Å²) in [4.78, 5) is 3.83. The first-order valence-electron chi connectivity index (χ1n) is 5.70. The minimum absolute atomic E-state index is 0.247. The van der Waals surface area contributed by atoms with Crippen molar-refractivity contribution in [2.75, 3.05) is 5.75 Å². The fraction of sp³-hybridized carbons (Fsp3) is 0.300. The lowest BCUT2D eigenvalue weighted by atomic mass is 9.85. The van der Waals surface area contributed by atoms with Crippen LogP contribution in [0, 0.1) is 0 Å². The third-order valence-corrected chi connectivity index (χ3v) is 3.54. The van der Waals surface area contributed by atoms with E-state index in [2.05, 4.69) is 15.2 Å². The third-order valence-electron chi connectivity index (χ3n) is 2.25. The second-order valence-corrected chi connectivity index (χ2v) is 5.67. The van der Waals surface area contributed by atoms with E-state index in [9.17, 15) is 0 Å². The molecule has 20 heavy (non-hydrogen) atoms. The van der Waals surface area contributed by atoms with Crippen LogP contribution in [0.3, 0.4) is 0 Å². The maximum Gasteiger partial charge on any atom is 0.451 e. The van der Waals surface area contributed by atoms with Crippen molar-refractivity contribution >= 4 is 42.1 Å². The molecule has 0 fully saturated rings. The van der Waals surface area contributed by atoms with Crippen molar-refractivity contribution in [3.63, 3.8) is 0 Å². The Morgan fingerprint density at radius 1 is 1.20 bits per heavy atom. The van der Waals surface area contributed by atoms with Gasteiger partial charge in [0.25, 0.3) is 5.22 Å². The fourth-order valence-electron chi connectivity index (χ4n) is 1.40. The first kappa shape index (κ1) is 15.6. The Bertz CT molecular complexity index is 564. The molecular formula is C10H10BCl2N3O3S. The molecule has 6 nitrogen and oxygen atoms in total. The van der Waals surface area contributed by atoms with Crippen molar-refractivity contribution in [2.45, 2.75) is 18.0 Å². The lowest BCUT2D eigenvalue weighted by Crippen LogP contribution is -2.09. The average Bonchev–Trinajstić information content (AvgIpc) is 2.82. The van der Waals surface area contributed by atoms with Crippen molar-refractivity contribution in [2.24, 2.45) is 0 Å². The third kappa shape index (κ3) is 4.64. The molecule has 0 saturated carbocycles. The molecule has 2 aromatic heterocycles. The Morgan fingerprint density at radius 3 is 2.55 bits per heavy atom.